The van der Waals surface area contributed by atoms with Crippen molar-refractivity contribution in [1.29, 1.82) is 5.26 Å². The van der Waals surface area contributed by atoms with Gasteiger partial charge in [0.2, 0.25) is 0 Å². The number of nitrogens with one attached hydrogen (secondary N) is 1. The van der Waals surface area contributed by atoms with E-state index < -0.39 is 15.8 Å². The zero-order valence-corrected chi connectivity index (χ0v) is 12.0. The van der Waals surface area contributed by atoms with Gasteiger partial charge in [-0.2, -0.15) is 5.26 Å². The average molecular weight is 326 g/mol. The fraction of sp³-hybridized carbons (Fsp3) is 0. The van der Waals surface area contributed by atoms with Gasteiger partial charge in [0.05, 0.1) is 26.9 Å². The summed E-state index contributed by atoms with van der Waals surface area (Å²) in [7, 11) is -3.96. The van der Waals surface area contributed by atoms with E-state index in [0.717, 1.165) is 18.2 Å². The summed E-state index contributed by atoms with van der Waals surface area (Å²) in [6.45, 7) is 0. The van der Waals surface area contributed by atoms with E-state index in [1.165, 1.54) is 18.2 Å². The van der Waals surface area contributed by atoms with E-state index in [1.807, 2.05) is 0 Å². The van der Waals surface area contributed by atoms with E-state index in [0.29, 0.717) is 5.69 Å². The number of rotatable bonds is 3. The highest BCUT2D eigenvalue weighted by molar-refractivity contribution is 7.92. The minimum atomic E-state index is -3.96. The monoisotopic (exact) mass is 325 g/mol. The summed E-state index contributed by atoms with van der Waals surface area (Å²) >= 11 is 5.80. The average Bonchev–Trinajstić information content (AvgIpc) is 2.43. The van der Waals surface area contributed by atoms with Crippen molar-refractivity contribution >= 4 is 33.0 Å². The van der Waals surface area contributed by atoms with Crippen LogP contribution < -0.4 is 10.5 Å². The Kier molecular flexibility index (Phi) is 4.02. The van der Waals surface area contributed by atoms with Crippen molar-refractivity contribution in [2.24, 2.45) is 0 Å². The minimum Gasteiger partial charge on any atom is -0.398 e. The Bertz CT molecular complexity index is 847. The molecule has 2 aromatic carbocycles. The number of anilines is 2. The lowest BCUT2D eigenvalue weighted by Crippen LogP contribution is -2.13. The number of halogens is 2. The number of nitriles is 1. The predicted molar refractivity (Wildman–Crippen MR) is 77.8 cm³/mol. The fourth-order valence-corrected chi connectivity index (χ4v) is 2.82. The van der Waals surface area contributed by atoms with Crippen molar-refractivity contribution < 1.29 is 12.8 Å². The van der Waals surface area contributed by atoms with E-state index in [-0.39, 0.29) is 21.2 Å². The molecule has 0 aromatic heterocycles. The van der Waals surface area contributed by atoms with E-state index in [4.69, 9.17) is 22.6 Å². The first-order valence-corrected chi connectivity index (χ1v) is 7.47. The van der Waals surface area contributed by atoms with Crippen LogP contribution in [0.1, 0.15) is 5.56 Å². The van der Waals surface area contributed by atoms with Crippen LogP contribution >= 0.6 is 11.6 Å². The van der Waals surface area contributed by atoms with Gasteiger partial charge in [0.1, 0.15) is 11.9 Å². The third kappa shape index (κ3) is 3.24. The van der Waals surface area contributed by atoms with Gasteiger partial charge in [-0.1, -0.05) is 11.6 Å². The van der Waals surface area contributed by atoms with Gasteiger partial charge in [-0.3, -0.25) is 4.72 Å². The summed E-state index contributed by atoms with van der Waals surface area (Å²) in [5.74, 6) is -0.785. The molecule has 108 valence electrons. The maximum Gasteiger partial charge on any atom is 0.261 e. The van der Waals surface area contributed by atoms with E-state index in [1.54, 1.807) is 6.07 Å². The van der Waals surface area contributed by atoms with Crippen molar-refractivity contribution in [3.8, 4) is 6.07 Å². The second kappa shape index (κ2) is 5.60. The Labute approximate surface area is 125 Å². The predicted octanol–water partition coefficient (Wildman–Crippen LogP) is 2.73. The Balaban J connectivity index is 2.38. The van der Waals surface area contributed by atoms with Crippen molar-refractivity contribution in [2.45, 2.75) is 4.90 Å². The lowest BCUT2D eigenvalue weighted by atomic mass is 10.2. The molecular weight excluding hydrogens is 317 g/mol. The molecule has 0 atom stereocenters. The molecule has 2 rings (SSSR count). The molecule has 0 unspecified atom stereocenters. The molecule has 2 aromatic rings. The van der Waals surface area contributed by atoms with Gasteiger partial charge in [0, 0.05) is 0 Å². The second-order valence-electron chi connectivity index (χ2n) is 4.10. The van der Waals surface area contributed by atoms with Crippen molar-refractivity contribution in [3.63, 3.8) is 0 Å². The molecule has 0 amide bonds. The molecule has 0 bridgehead atoms. The molecule has 8 heteroatoms. The largest absolute Gasteiger partial charge is 0.398 e. The van der Waals surface area contributed by atoms with Crippen LogP contribution in [0.4, 0.5) is 15.8 Å². The molecule has 0 saturated carbocycles. The highest BCUT2D eigenvalue weighted by Crippen LogP contribution is 2.25. The van der Waals surface area contributed by atoms with Gasteiger partial charge in [0.25, 0.3) is 10.0 Å². The first-order chi connectivity index (χ1) is 9.83. The van der Waals surface area contributed by atoms with Crippen LogP contribution in [0, 0.1) is 17.1 Å². The standard InChI is InChI=1S/C13H9ClFN3O2S/c14-11-6-9(1-4-13(11)17)18-21(19,20)10-2-3-12(15)8(5-10)7-16/h1-6,18H,17H2. The SMILES string of the molecule is N#Cc1cc(S(=O)(=O)Nc2ccc(N)c(Cl)c2)ccc1F. The Morgan fingerprint density at radius 2 is 1.95 bits per heavy atom. The molecular formula is C13H9ClFN3O2S. The zero-order chi connectivity index (χ0) is 15.6. The lowest BCUT2D eigenvalue weighted by molar-refractivity contribution is 0.599. The first kappa shape index (κ1) is 15.1. The van der Waals surface area contributed by atoms with Gasteiger partial charge in [0.15, 0.2) is 0 Å². The molecule has 3 N–H and O–H groups in total. The Morgan fingerprint density at radius 1 is 1.24 bits per heavy atom. The Morgan fingerprint density at radius 3 is 2.57 bits per heavy atom. The molecule has 0 saturated heterocycles. The van der Waals surface area contributed by atoms with Crippen LogP contribution in [0.25, 0.3) is 0 Å². The van der Waals surface area contributed by atoms with E-state index in [9.17, 15) is 12.8 Å². The second-order valence-corrected chi connectivity index (χ2v) is 6.18. The fourth-order valence-electron chi connectivity index (χ4n) is 1.56. The van der Waals surface area contributed by atoms with Crippen molar-refractivity contribution in [1.82, 2.24) is 0 Å². The van der Waals surface area contributed by atoms with Gasteiger partial charge in [-0.25, -0.2) is 12.8 Å². The third-order valence-electron chi connectivity index (χ3n) is 2.62. The van der Waals surface area contributed by atoms with Crippen molar-refractivity contribution in [2.75, 3.05) is 10.5 Å². The first-order valence-electron chi connectivity index (χ1n) is 5.61. The van der Waals surface area contributed by atoms with Crippen LogP contribution in [0.15, 0.2) is 41.3 Å². The number of nitrogen functional groups attached to an aromatic ring is 1. The molecule has 0 fully saturated rings. The summed E-state index contributed by atoms with van der Waals surface area (Å²) in [6.07, 6.45) is 0. The van der Waals surface area contributed by atoms with E-state index in [2.05, 4.69) is 4.72 Å². The molecule has 0 heterocycles. The van der Waals surface area contributed by atoms with Crippen LogP contribution in [0.5, 0.6) is 0 Å². The van der Waals surface area contributed by atoms with Crippen LogP contribution in [0.3, 0.4) is 0 Å². The maximum absolute atomic E-state index is 13.2. The van der Waals surface area contributed by atoms with Gasteiger partial charge < -0.3 is 5.73 Å². The minimum absolute atomic E-state index is 0.201. The van der Waals surface area contributed by atoms with Crippen molar-refractivity contribution in [3.05, 3.63) is 52.8 Å². The Hall–Kier alpha value is -2.30. The molecule has 0 aliphatic heterocycles. The third-order valence-corrected chi connectivity index (χ3v) is 4.33. The molecule has 5 nitrogen and oxygen atoms in total. The van der Waals surface area contributed by atoms with Gasteiger partial charge in [-0.05, 0) is 36.4 Å². The summed E-state index contributed by atoms with van der Waals surface area (Å²) in [5.41, 5.74) is 5.70. The zero-order valence-electron chi connectivity index (χ0n) is 10.5. The van der Waals surface area contributed by atoms with Gasteiger partial charge >= 0.3 is 0 Å². The molecule has 0 aliphatic rings. The number of hydrogen-bond acceptors (Lipinski definition) is 4. The lowest BCUT2D eigenvalue weighted by Gasteiger charge is -2.09. The number of nitrogens with two attached hydrogens (primary N) is 1. The summed E-state index contributed by atoms with van der Waals surface area (Å²) in [4.78, 5) is -0.228. The quantitative estimate of drug-likeness (QED) is 0.848. The van der Waals surface area contributed by atoms with Crippen LogP contribution in [-0.4, -0.2) is 8.42 Å². The normalized spacial score (nSPS) is 10.9. The molecule has 0 spiro atoms. The topological polar surface area (TPSA) is 96.0 Å². The number of sulfonamides is 1. The highest BCUT2D eigenvalue weighted by atomic mass is 35.5. The number of benzene rings is 2. The molecule has 21 heavy (non-hydrogen) atoms. The maximum atomic E-state index is 13.2. The van der Waals surface area contributed by atoms with E-state index >= 15 is 0 Å². The summed E-state index contributed by atoms with van der Waals surface area (Å²) in [6, 6.07) is 8.76. The van der Waals surface area contributed by atoms with Crippen LogP contribution in [0.2, 0.25) is 5.02 Å². The summed E-state index contributed by atoms with van der Waals surface area (Å²) < 4.78 is 39.8. The smallest absolute Gasteiger partial charge is 0.261 e. The number of hydrogen-bond donors (Lipinski definition) is 2. The van der Waals surface area contributed by atoms with Gasteiger partial charge in [-0.15, -0.1) is 0 Å². The molecule has 0 aliphatic carbocycles. The van der Waals surface area contributed by atoms with Crippen LogP contribution in [-0.2, 0) is 10.0 Å². The molecule has 0 radical (unpaired) electrons. The number of nitrogens with zero attached hydrogens (tertiary/aromatic N) is 1. The summed E-state index contributed by atoms with van der Waals surface area (Å²) in [5, 5.41) is 8.93. The highest BCUT2D eigenvalue weighted by Gasteiger charge is 2.17.